The molecule has 18 heavy (non-hydrogen) atoms. The highest BCUT2D eigenvalue weighted by molar-refractivity contribution is 7.90. The molecule has 0 aliphatic rings. The van der Waals surface area contributed by atoms with Crippen molar-refractivity contribution in [2.45, 2.75) is 10.8 Å². The molecular formula is C12H10O5S. The molecule has 0 amide bonds. The molecule has 0 atom stereocenters. The number of rotatable bonds is 4. The van der Waals surface area contributed by atoms with E-state index >= 15 is 0 Å². The third-order valence-corrected chi connectivity index (χ3v) is 3.84. The van der Waals surface area contributed by atoms with Crippen molar-refractivity contribution >= 4 is 15.8 Å². The minimum Gasteiger partial charge on any atom is -0.475 e. The molecule has 0 aliphatic heterocycles. The third kappa shape index (κ3) is 2.60. The molecule has 0 bridgehead atoms. The van der Waals surface area contributed by atoms with E-state index in [1.807, 2.05) is 0 Å². The summed E-state index contributed by atoms with van der Waals surface area (Å²) in [6.45, 7) is 0. The third-order valence-electron chi connectivity index (χ3n) is 2.30. The summed E-state index contributed by atoms with van der Waals surface area (Å²) >= 11 is 0. The number of carboxylic acids is 1. The zero-order chi connectivity index (χ0) is 13.2. The molecule has 0 spiro atoms. The van der Waals surface area contributed by atoms with Crippen LogP contribution in [0.2, 0.25) is 0 Å². The second-order valence-corrected chi connectivity index (χ2v) is 5.59. The fourth-order valence-electron chi connectivity index (χ4n) is 1.47. The average Bonchev–Trinajstić information content (AvgIpc) is 2.79. The molecule has 1 heterocycles. The summed E-state index contributed by atoms with van der Waals surface area (Å²) in [5.41, 5.74) is 0.616. The molecule has 94 valence electrons. The molecular weight excluding hydrogens is 256 g/mol. The van der Waals surface area contributed by atoms with E-state index in [2.05, 4.69) is 0 Å². The number of furan rings is 1. The summed E-state index contributed by atoms with van der Waals surface area (Å²) in [6, 6.07) is 10.9. The van der Waals surface area contributed by atoms with Crippen molar-refractivity contribution < 1.29 is 22.7 Å². The fourth-order valence-corrected chi connectivity index (χ4v) is 2.73. The number of carbonyl (C=O) groups is 1. The van der Waals surface area contributed by atoms with Gasteiger partial charge in [0, 0.05) is 0 Å². The zero-order valence-electron chi connectivity index (χ0n) is 9.24. The summed E-state index contributed by atoms with van der Waals surface area (Å²) < 4.78 is 28.7. The van der Waals surface area contributed by atoms with Crippen molar-refractivity contribution in [2.75, 3.05) is 0 Å². The topological polar surface area (TPSA) is 84.6 Å². The van der Waals surface area contributed by atoms with Crippen LogP contribution in [0.15, 0.2) is 52.0 Å². The molecule has 1 aromatic heterocycles. The van der Waals surface area contributed by atoms with Crippen LogP contribution in [0.1, 0.15) is 16.1 Å². The van der Waals surface area contributed by atoms with Crippen molar-refractivity contribution in [1.29, 1.82) is 0 Å². The molecule has 0 fully saturated rings. The van der Waals surface area contributed by atoms with Crippen LogP contribution in [-0.2, 0) is 15.6 Å². The summed E-state index contributed by atoms with van der Waals surface area (Å²) in [5.74, 6) is -1.90. The fraction of sp³-hybridized carbons (Fsp3) is 0.0833. The normalized spacial score (nSPS) is 11.3. The van der Waals surface area contributed by atoms with Crippen LogP contribution in [0.4, 0.5) is 0 Å². The predicted molar refractivity (Wildman–Crippen MR) is 63.0 cm³/mol. The average molecular weight is 266 g/mol. The number of aromatic carboxylic acids is 1. The van der Waals surface area contributed by atoms with Gasteiger partial charge < -0.3 is 9.52 Å². The van der Waals surface area contributed by atoms with Gasteiger partial charge in [0.25, 0.3) is 0 Å². The number of benzene rings is 1. The van der Waals surface area contributed by atoms with Gasteiger partial charge in [-0.25, -0.2) is 13.2 Å². The van der Waals surface area contributed by atoms with Gasteiger partial charge in [-0.1, -0.05) is 30.3 Å². The monoisotopic (exact) mass is 266 g/mol. The Hall–Kier alpha value is -2.08. The molecule has 0 saturated heterocycles. The molecule has 1 N–H and O–H groups in total. The van der Waals surface area contributed by atoms with Crippen molar-refractivity contribution in [1.82, 2.24) is 0 Å². The Kier molecular flexibility index (Phi) is 3.20. The Labute approximate surface area is 104 Å². The van der Waals surface area contributed by atoms with E-state index in [4.69, 9.17) is 9.52 Å². The highest BCUT2D eigenvalue weighted by Gasteiger charge is 2.21. The lowest BCUT2D eigenvalue weighted by Gasteiger charge is -2.00. The SMILES string of the molecule is O=C(O)c1ccc(S(=O)(=O)Cc2ccccc2)o1. The molecule has 0 saturated carbocycles. The van der Waals surface area contributed by atoms with E-state index < -0.39 is 15.8 Å². The summed E-state index contributed by atoms with van der Waals surface area (Å²) in [5, 5.41) is 8.34. The smallest absolute Gasteiger partial charge is 0.371 e. The Morgan fingerprint density at radius 1 is 1.11 bits per heavy atom. The van der Waals surface area contributed by atoms with Crippen LogP contribution in [0.5, 0.6) is 0 Å². The van der Waals surface area contributed by atoms with E-state index in [-0.39, 0.29) is 16.6 Å². The van der Waals surface area contributed by atoms with Crippen LogP contribution in [0.25, 0.3) is 0 Å². The molecule has 1 aromatic carbocycles. The maximum absolute atomic E-state index is 12.0. The minimum atomic E-state index is -3.66. The Bertz CT molecular complexity index is 655. The standard InChI is InChI=1S/C12H10O5S/c13-12(14)10-6-7-11(17-10)18(15,16)8-9-4-2-1-3-5-9/h1-7H,8H2,(H,13,14). The minimum absolute atomic E-state index is 0.222. The maximum Gasteiger partial charge on any atom is 0.371 e. The summed E-state index contributed by atoms with van der Waals surface area (Å²) in [7, 11) is -3.66. The van der Waals surface area contributed by atoms with E-state index in [0.29, 0.717) is 5.56 Å². The zero-order valence-corrected chi connectivity index (χ0v) is 10.1. The van der Waals surface area contributed by atoms with Gasteiger partial charge in [-0.2, -0.15) is 0 Å². The first-order valence-corrected chi connectivity index (χ1v) is 6.74. The lowest BCUT2D eigenvalue weighted by atomic mass is 10.2. The van der Waals surface area contributed by atoms with Crippen molar-refractivity contribution in [2.24, 2.45) is 0 Å². The van der Waals surface area contributed by atoms with Gasteiger partial charge in [0.2, 0.25) is 20.7 Å². The van der Waals surface area contributed by atoms with E-state index in [1.165, 1.54) is 0 Å². The van der Waals surface area contributed by atoms with E-state index in [9.17, 15) is 13.2 Å². The highest BCUT2D eigenvalue weighted by Crippen LogP contribution is 2.19. The number of carboxylic acid groups (broad SMARTS) is 1. The first-order valence-electron chi connectivity index (χ1n) is 5.09. The van der Waals surface area contributed by atoms with Gasteiger partial charge in [-0.3, -0.25) is 0 Å². The number of hydrogen-bond acceptors (Lipinski definition) is 4. The predicted octanol–water partition coefficient (Wildman–Crippen LogP) is 1.95. The largest absolute Gasteiger partial charge is 0.475 e. The second-order valence-electron chi connectivity index (χ2n) is 3.67. The quantitative estimate of drug-likeness (QED) is 0.914. The molecule has 0 unspecified atom stereocenters. The van der Waals surface area contributed by atoms with E-state index in [1.54, 1.807) is 30.3 Å². The lowest BCUT2D eigenvalue weighted by molar-refractivity contribution is 0.0656. The van der Waals surface area contributed by atoms with Gasteiger partial charge in [-0.15, -0.1) is 0 Å². The number of hydrogen-bond donors (Lipinski definition) is 1. The van der Waals surface area contributed by atoms with Crippen LogP contribution >= 0.6 is 0 Å². The van der Waals surface area contributed by atoms with Crippen LogP contribution in [-0.4, -0.2) is 19.5 Å². The first kappa shape index (κ1) is 12.4. The molecule has 2 rings (SSSR count). The molecule has 5 nitrogen and oxygen atoms in total. The van der Waals surface area contributed by atoms with Gasteiger partial charge in [0.05, 0.1) is 5.75 Å². The van der Waals surface area contributed by atoms with Gasteiger partial charge in [-0.05, 0) is 17.7 Å². The van der Waals surface area contributed by atoms with Crippen molar-refractivity contribution in [3.63, 3.8) is 0 Å². The number of sulfone groups is 1. The Balaban J connectivity index is 2.28. The lowest BCUT2D eigenvalue weighted by Crippen LogP contribution is -2.03. The van der Waals surface area contributed by atoms with Crippen LogP contribution < -0.4 is 0 Å². The second kappa shape index (κ2) is 4.66. The van der Waals surface area contributed by atoms with Gasteiger partial charge in [0.15, 0.2) is 0 Å². The van der Waals surface area contributed by atoms with Crippen molar-refractivity contribution in [3.8, 4) is 0 Å². The summed E-state index contributed by atoms with van der Waals surface area (Å²) in [4.78, 5) is 10.6. The van der Waals surface area contributed by atoms with E-state index in [0.717, 1.165) is 12.1 Å². The van der Waals surface area contributed by atoms with Crippen LogP contribution in [0, 0.1) is 0 Å². The molecule has 0 radical (unpaired) electrons. The Morgan fingerprint density at radius 2 is 1.78 bits per heavy atom. The Morgan fingerprint density at radius 3 is 2.33 bits per heavy atom. The molecule has 0 aliphatic carbocycles. The van der Waals surface area contributed by atoms with Gasteiger partial charge in [0.1, 0.15) is 0 Å². The highest BCUT2D eigenvalue weighted by atomic mass is 32.2. The van der Waals surface area contributed by atoms with Gasteiger partial charge >= 0.3 is 5.97 Å². The molecule has 6 heteroatoms. The van der Waals surface area contributed by atoms with Crippen molar-refractivity contribution in [3.05, 3.63) is 53.8 Å². The maximum atomic E-state index is 12.0. The first-order chi connectivity index (χ1) is 8.49. The van der Waals surface area contributed by atoms with Crippen LogP contribution in [0.3, 0.4) is 0 Å². The summed E-state index contributed by atoms with van der Waals surface area (Å²) in [6.07, 6.45) is 0. The molecule has 2 aromatic rings.